The molecule has 0 bridgehead atoms. The Morgan fingerprint density at radius 2 is 1.91 bits per heavy atom. The first-order valence-electron chi connectivity index (χ1n) is 7.13. The van der Waals surface area contributed by atoms with E-state index >= 15 is 0 Å². The monoisotopic (exact) mass is 370 g/mol. The van der Waals surface area contributed by atoms with Crippen LogP contribution in [0.15, 0.2) is 23.1 Å². The Labute approximate surface area is 143 Å². The number of halogens is 2. The molecule has 0 heterocycles. The molecule has 1 rings (SSSR count). The second-order valence-electron chi connectivity index (χ2n) is 4.58. The summed E-state index contributed by atoms with van der Waals surface area (Å²) in [6.45, 7) is 4.05. The van der Waals surface area contributed by atoms with Gasteiger partial charge in [0.15, 0.2) is 0 Å². The molecule has 0 radical (unpaired) electrons. The zero-order valence-corrected chi connectivity index (χ0v) is 14.9. The number of benzene rings is 1. The third-order valence-corrected chi connectivity index (χ3v) is 4.24. The van der Waals surface area contributed by atoms with Crippen molar-refractivity contribution in [3.05, 3.63) is 24.0 Å². The molecule has 0 unspecified atom stereocenters. The number of ether oxygens (including phenoxy) is 2. The zero-order chi connectivity index (χ0) is 16.4. The van der Waals surface area contributed by atoms with Crippen molar-refractivity contribution in [1.29, 1.82) is 0 Å². The Kier molecular flexibility index (Phi) is 11.1. The molecular weight excluding hydrogens is 347 g/mol. The van der Waals surface area contributed by atoms with Crippen LogP contribution < -0.4 is 14.8 Å². The van der Waals surface area contributed by atoms with Crippen LogP contribution in [0.25, 0.3) is 0 Å². The highest BCUT2D eigenvalue weighted by Gasteiger charge is 2.20. The summed E-state index contributed by atoms with van der Waals surface area (Å²) in [5, 5.41) is 3.08. The Bertz CT molecular complexity index is 558. The highest BCUT2D eigenvalue weighted by molar-refractivity contribution is 7.89. The van der Waals surface area contributed by atoms with Gasteiger partial charge in [-0.3, -0.25) is 0 Å². The van der Waals surface area contributed by atoms with Crippen LogP contribution in [0.5, 0.6) is 5.75 Å². The van der Waals surface area contributed by atoms with E-state index in [1.165, 1.54) is 13.2 Å². The molecule has 1 aromatic carbocycles. The lowest BCUT2D eigenvalue weighted by atomic mass is 10.3. The molecule has 0 aliphatic heterocycles. The SMILES string of the molecule is CCCNCCNS(=O)(=O)c1cc(F)ccc1OCCOC.Cl. The van der Waals surface area contributed by atoms with E-state index in [-0.39, 0.29) is 36.2 Å². The summed E-state index contributed by atoms with van der Waals surface area (Å²) < 4.78 is 50.5. The van der Waals surface area contributed by atoms with Gasteiger partial charge in [-0.15, -0.1) is 12.4 Å². The van der Waals surface area contributed by atoms with Crippen LogP contribution in [0.2, 0.25) is 0 Å². The lowest BCUT2D eigenvalue weighted by Gasteiger charge is -2.13. The smallest absolute Gasteiger partial charge is 0.244 e. The molecule has 23 heavy (non-hydrogen) atoms. The fraction of sp³-hybridized carbons (Fsp3) is 0.571. The minimum absolute atomic E-state index is 0. The van der Waals surface area contributed by atoms with Crippen molar-refractivity contribution < 1.29 is 22.3 Å². The van der Waals surface area contributed by atoms with Crippen molar-refractivity contribution >= 4 is 22.4 Å². The maximum atomic E-state index is 13.4. The molecule has 134 valence electrons. The molecule has 0 aliphatic rings. The van der Waals surface area contributed by atoms with E-state index in [1.54, 1.807) is 0 Å². The standard InChI is InChI=1S/C14H23FN2O4S.ClH/c1-3-6-16-7-8-17-22(18,19)14-11-12(15)4-5-13(14)21-10-9-20-2;/h4-5,11,16-17H,3,6-10H2,1-2H3;1H. The average Bonchev–Trinajstić information content (AvgIpc) is 2.48. The third-order valence-electron chi connectivity index (χ3n) is 2.76. The average molecular weight is 371 g/mol. The normalized spacial score (nSPS) is 11.1. The van der Waals surface area contributed by atoms with Gasteiger partial charge in [-0.2, -0.15) is 0 Å². The van der Waals surface area contributed by atoms with E-state index < -0.39 is 15.8 Å². The van der Waals surface area contributed by atoms with Gasteiger partial charge in [0.05, 0.1) is 6.61 Å². The lowest BCUT2D eigenvalue weighted by Crippen LogP contribution is -2.32. The number of hydrogen-bond donors (Lipinski definition) is 2. The number of hydrogen-bond acceptors (Lipinski definition) is 5. The first-order chi connectivity index (χ1) is 10.5. The van der Waals surface area contributed by atoms with Crippen LogP contribution in [0.1, 0.15) is 13.3 Å². The zero-order valence-electron chi connectivity index (χ0n) is 13.3. The van der Waals surface area contributed by atoms with E-state index in [1.807, 2.05) is 6.92 Å². The lowest BCUT2D eigenvalue weighted by molar-refractivity contribution is 0.144. The van der Waals surface area contributed by atoms with Gasteiger partial charge in [-0.25, -0.2) is 17.5 Å². The second kappa shape index (κ2) is 11.6. The van der Waals surface area contributed by atoms with Crippen LogP contribution in [-0.2, 0) is 14.8 Å². The summed E-state index contributed by atoms with van der Waals surface area (Å²) in [4.78, 5) is -0.209. The largest absolute Gasteiger partial charge is 0.490 e. The molecule has 0 amide bonds. The third kappa shape index (κ3) is 7.94. The van der Waals surface area contributed by atoms with Crippen molar-refractivity contribution in [3.8, 4) is 5.75 Å². The maximum Gasteiger partial charge on any atom is 0.244 e. The van der Waals surface area contributed by atoms with Crippen LogP contribution in [0.4, 0.5) is 4.39 Å². The molecule has 0 fully saturated rings. The second-order valence-corrected chi connectivity index (χ2v) is 6.32. The predicted molar refractivity (Wildman–Crippen MR) is 89.4 cm³/mol. The van der Waals surface area contributed by atoms with E-state index in [4.69, 9.17) is 9.47 Å². The Morgan fingerprint density at radius 1 is 1.17 bits per heavy atom. The molecule has 0 aliphatic carbocycles. The van der Waals surface area contributed by atoms with Crippen molar-refractivity contribution in [3.63, 3.8) is 0 Å². The quantitative estimate of drug-likeness (QED) is 0.578. The van der Waals surface area contributed by atoms with Gasteiger partial charge in [0, 0.05) is 20.2 Å². The van der Waals surface area contributed by atoms with Crippen molar-refractivity contribution in [2.45, 2.75) is 18.2 Å². The van der Waals surface area contributed by atoms with Gasteiger partial charge in [-0.05, 0) is 31.2 Å². The Hall–Kier alpha value is -0.930. The molecule has 0 saturated heterocycles. The molecular formula is C14H24ClFN2O4S. The van der Waals surface area contributed by atoms with Gasteiger partial charge >= 0.3 is 0 Å². The molecule has 2 N–H and O–H groups in total. The molecule has 0 atom stereocenters. The van der Waals surface area contributed by atoms with E-state index in [9.17, 15) is 12.8 Å². The first-order valence-corrected chi connectivity index (χ1v) is 8.61. The van der Waals surface area contributed by atoms with Gasteiger partial charge in [0.25, 0.3) is 0 Å². The number of nitrogens with one attached hydrogen (secondary N) is 2. The summed E-state index contributed by atoms with van der Waals surface area (Å²) in [7, 11) is -2.32. The number of rotatable bonds is 11. The fourth-order valence-electron chi connectivity index (χ4n) is 1.70. The fourth-order valence-corrected chi connectivity index (χ4v) is 2.89. The van der Waals surface area contributed by atoms with E-state index in [0.717, 1.165) is 25.1 Å². The van der Waals surface area contributed by atoms with Gasteiger partial charge in [0.2, 0.25) is 10.0 Å². The molecule has 0 saturated carbocycles. The van der Waals surface area contributed by atoms with E-state index in [0.29, 0.717) is 13.2 Å². The Balaban J connectivity index is 0.00000484. The van der Waals surface area contributed by atoms with Crippen LogP contribution in [0.3, 0.4) is 0 Å². The van der Waals surface area contributed by atoms with Gasteiger partial charge in [0.1, 0.15) is 23.1 Å². The summed E-state index contributed by atoms with van der Waals surface area (Å²) >= 11 is 0. The molecule has 9 heteroatoms. The van der Waals surface area contributed by atoms with Gasteiger partial charge in [-0.1, -0.05) is 6.92 Å². The summed E-state index contributed by atoms with van der Waals surface area (Å²) in [5.41, 5.74) is 0. The topological polar surface area (TPSA) is 76.7 Å². The number of methoxy groups -OCH3 is 1. The molecule has 0 aromatic heterocycles. The van der Waals surface area contributed by atoms with Crippen LogP contribution >= 0.6 is 12.4 Å². The minimum Gasteiger partial charge on any atom is -0.490 e. The minimum atomic E-state index is -3.83. The molecule has 0 spiro atoms. The molecule has 6 nitrogen and oxygen atoms in total. The summed E-state index contributed by atoms with van der Waals surface area (Å²) in [5.74, 6) is -0.531. The highest BCUT2D eigenvalue weighted by atomic mass is 35.5. The highest BCUT2D eigenvalue weighted by Crippen LogP contribution is 2.24. The van der Waals surface area contributed by atoms with Crippen LogP contribution in [-0.4, -0.2) is 48.4 Å². The maximum absolute atomic E-state index is 13.4. The van der Waals surface area contributed by atoms with Crippen molar-refractivity contribution in [2.24, 2.45) is 0 Å². The van der Waals surface area contributed by atoms with Gasteiger partial charge < -0.3 is 14.8 Å². The summed E-state index contributed by atoms with van der Waals surface area (Å²) in [6.07, 6.45) is 0.966. The number of sulfonamides is 1. The Morgan fingerprint density at radius 3 is 2.57 bits per heavy atom. The predicted octanol–water partition coefficient (Wildman–Crippen LogP) is 1.55. The van der Waals surface area contributed by atoms with E-state index in [2.05, 4.69) is 10.0 Å². The molecule has 1 aromatic rings. The summed E-state index contributed by atoms with van der Waals surface area (Å²) in [6, 6.07) is 3.41. The first kappa shape index (κ1) is 22.1. The van der Waals surface area contributed by atoms with Crippen molar-refractivity contribution in [2.75, 3.05) is 40.0 Å². The van der Waals surface area contributed by atoms with Crippen molar-refractivity contribution in [1.82, 2.24) is 10.0 Å². The van der Waals surface area contributed by atoms with Crippen LogP contribution in [0, 0.1) is 5.82 Å².